The lowest BCUT2D eigenvalue weighted by atomic mass is 10.1. The summed E-state index contributed by atoms with van der Waals surface area (Å²) in [5.41, 5.74) is 0.980. The van der Waals surface area contributed by atoms with E-state index in [2.05, 4.69) is 0 Å². The number of nitrogens with zero attached hydrogens (tertiary/aromatic N) is 2. The highest BCUT2D eigenvalue weighted by Gasteiger charge is 2.46. The summed E-state index contributed by atoms with van der Waals surface area (Å²) in [5, 5.41) is 0. The Morgan fingerprint density at radius 3 is 2.16 bits per heavy atom. The van der Waals surface area contributed by atoms with Crippen LogP contribution in [0.15, 0.2) is 59.5 Å². The third kappa shape index (κ3) is 4.95. The third-order valence-corrected chi connectivity index (χ3v) is 7.77. The van der Waals surface area contributed by atoms with Crippen LogP contribution < -0.4 is 0 Å². The van der Waals surface area contributed by atoms with Crippen molar-refractivity contribution in [3.05, 3.63) is 66.0 Å². The normalized spacial score (nSPS) is 21.1. The largest absolute Gasteiger partial charge is 0.339 e. The average Bonchev–Trinajstić information content (AvgIpc) is 3.59. The lowest BCUT2D eigenvalue weighted by Gasteiger charge is -2.35. The predicted octanol–water partition coefficient (Wildman–Crippen LogP) is 2.46. The maximum Gasteiger partial charge on any atom is 0.226 e. The molecule has 2 aromatic carbocycles. The number of hydrogen-bond acceptors (Lipinski definition) is 4. The molecule has 31 heavy (non-hydrogen) atoms. The highest BCUT2D eigenvalue weighted by Crippen LogP contribution is 2.48. The fraction of sp³-hybridized carbons (Fsp3) is 0.391. The van der Waals surface area contributed by atoms with Gasteiger partial charge in [-0.05, 0) is 42.2 Å². The van der Waals surface area contributed by atoms with Crippen LogP contribution in [0.25, 0.3) is 0 Å². The molecule has 6 nitrogen and oxygen atoms in total. The summed E-state index contributed by atoms with van der Waals surface area (Å²) in [6.07, 6.45) is 0.696. The molecule has 1 aliphatic carbocycles. The highest BCUT2D eigenvalue weighted by atomic mass is 32.2. The molecule has 0 spiro atoms. The van der Waals surface area contributed by atoms with Crippen molar-refractivity contribution < 1.29 is 22.4 Å². The van der Waals surface area contributed by atoms with Gasteiger partial charge in [0, 0.05) is 38.5 Å². The van der Waals surface area contributed by atoms with E-state index in [-0.39, 0.29) is 46.5 Å². The summed E-state index contributed by atoms with van der Waals surface area (Å²) in [4.78, 5) is 28.9. The van der Waals surface area contributed by atoms with E-state index in [0.717, 1.165) is 12.0 Å². The van der Waals surface area contributed by atoms with Gasteiger partial charge in [-0.15, -0.1) is 0 Å². The van der Waals surface area contributed by atoms with Crippen molar-refractivity contribution >= 4 is 21.7 Å². The zero-order valence-corrected chi connectivity index (χ0v) is 17.9. The van der Waals surface area contributed by atoms with Crippen molar-refractivity contribution in [1.29, 1.82) is 0 Å². The number of hydrogen-bond donors (Lipinski definition) is 0. The highest BCUT2D eigenvalue weighted by molar-refractivity contribution is 7.91. The summed E-state index contributed by atoms with van der Waals surface area (Å²) in [7, 11) is -3.49. The van der Waals surface area contributed by atoms with Crippen LogP contribution in [0.3, 0.4) is 0 Å². The molecule has 0 unspecified atom stereocenters. The van der Waals surface area contributed by atoms with Crippen molar-refractivity contribution in [2.75, 3.05) is 31.9 Å². The molecular weight excluding hydrogens is 419 g/mol. The summed E-state index contributed by atoms with van der Waals surface area (Å²) in [5.74, 6) is -0.587. The van der Waals surface area contributed by atoms with Gasteiger partial charge >= 0.3 is 0 Å². The number of halogens is 1. The van der Waals surface area contributed by atoms with E-state index in [0.29, 0.717) is 26.2 Å². The third-order valence-electron chi connectivity index (χ3n) is 6.04. The molecule has 2 aliphatic rings. The van der Waals surface area contributed by atoms with E-state index < -0.39 is 9.84 Å². The fourth-order valence-corrected chi connectivity index (χ4v) is 5.33. The molecule has 0 bridgehead atoms. The number of rotatable bonds is 6. The Morgan fingerprint density at radius 2 is 1.52 bits per heavy atom. The van der Waals surface area contributed by atoms with Crippen molar-refractivity contribution in [3.63, 3.8) is 0 Å². The minimum Gasteiger partial charge on any atom is -0.339 e. The first-order valence-corrected chi connectivity index (χ1v) is 12.1. The molecule has 164 valence electrons. The van der Waals surface area contributed by atoms with Crippen LogP contribution in [0.4, 0.5) is 4.39 Å². The van der Waals surface area contributed by atoms with Crippen LogP contribution in [0.2, 0.25) is 0 Å². The molecule has 1 heterocycles. The van der Waals surface area contributed by atoms with Crippen molar-refractivity contribution in [1.82, 2.24) is 9.80 Å². The smallest absolute Gasteiger partial charge is 0.226 e. The molecule has 2 fully saturated rings. The van der Waals surface area contributed by atoms with Crippen molar-refractivity contribution in [2.45, 2.75) is 23.7 Å². The minimum atomic E-state index is -3.49. The second-order valence-electron chi connectivity index (χ2n) is 8.09. The molecule has 2 atom stereocenters. The minimum absolute atomic E-state index is 0.0690. The van der Waals surface area contributed by atoms with Crippen LogP contribution in [0, 0.1) is 11.7 Å². The fourth-order valence-electron chi connectivity index (χ4n) is 4.08. The van der Waals surface area contributed by atoms with Gasteiger partial charge in [0.2, 0.25) is 11.8 Å². The Kier molecular flexibility index (Phi) is 6.09. The van der Waals surface area contributed by atoms with E-state index in [1.54, 1.807) is 40.1 Å². The molecule has 1 aliphatic heterocycles. The first-order valence-electron chi connectivity index (χ1n) is 10.4. The zero-order valence-electron chi connectivity index (χ0n) is 17.1. The first-order chi connectivity index (χ1) is 14.8. The Hall–Kier alpha value is -2.74. The lowest BCUT2D eigenvalue weighted by Crippen LogP contribution is -2.51. The molecule has 2 aromatic rings. The Balaban J connectivity index is 1.24. The van der Waals surface area contributed by atoms with Crippen LogP contribution in [-0.4, -0.2) is 62.0 Å². The molecule has 8 heteroatoms. The number of amides is 2. The molecule has 1 saturated carbocycles. The van der Waals surface area contributed by atoms with Crippen LogP contribution in [-0.2, 0) is 19.4 Å². The molecule has 4 rings (SSSR count). The van der Waals surface area contributed by atoms with Gasteiger partial charge in [-0.1, -0.05) is 30.3 Å². The zero-order chi connectivity index (χ0) is 22.0. The first kappa shape index (κ1) is 21.5. The summed E-state index contributed by atoms with van der Waals surface area (Å²) in [6, 6.07) is 14.4. The molecular formula is C23H25FN2O4S. The Bertz CT molecular complexity index is 1050. The molecule has 2 amide bonds. The van der Waals surface area contributed by atoms with Crippen LogP contribution in [0.1, 0.15) is 24.3 Å². The number of carbonyl (C=O) groups is 2. The Labute approximate surface area is 181 Å². The maximum atomic E-state index is 13.1. The van der Waals surface area contributed by atoms with Crippen molar-refractivity contribution in [2.24, 2.45) is 5.92 Å². The van der Waals surface area contributed by atoms with Gasteiger partial charge in [-0.25, -0.2) is 12.8 Å². The molecule has 1 saturated heterocycles. The van der Waals surface area contributed by atoms with Gasteiger partial charge in [-0.3, -0.25) is 9.59 Å². The standard InChI is InChI=1S/C23H25FN2O4S/c24-18-8-6-17(7-9-18)20-16-21(20)23(28)26-13-11-25(12-14-26)22(27)10-15-31(29,30)19-4-2-1-3-5-19/h1-9,20-21H,10-16H2/t20-,21-/m1/s1. The molecule has 0 N–H and O–H groups in total. The van der Waals surface area contributed by atoms with E-state index >= 15 is 0 Å². The summed E-state index contributed by atoms with van der Waals surface area (Å²) < 4.78 is 37.8. The number of sulfone groups is 1. The summed E-state index contributed by atoms with van der Waals surface area (Å²) in [6.45, 7) is 1.71. The van der Waals surface area contributed by atoms with Gasteiger partial charge < -0.3 is 9.80 Å². The monoisotopic (exact) mass is 444 g/mol. The Morgan fingerprint density at radius 1 is 0.903 bits per heavy atom. The molecule has 0 radical (unpaired) electrons. The van der Waals surface area contributed by atoms with Gasteiger partial charge in [0.25, 0.3) is 0 Å². The lowest BCUT2D eigenvalue weighted by molar-refractivity contribution is -0.140. The van der Waals surface area contributed by atoms with Gasteiger partial charge in [0.1, 0.15) is 5.82 Å². The quantitative estimate of drug-likeness (QED) is 0.686. The van der Waals surface area contributed by atoms with E-state index in [1.165, 1.54) is 24.3 Å². The number of benzene rings is 2. The SMILES string of the molecule is O=C(CCS(=O)(=O)c1ccccc1)N1CCN(C(=O)[C@@H]2C[C@@H]2c2ccc(F)cc2)CC1. The number of piperazine rings is 1. The van der Waals surface area contributed by atoms with Gasteiger partial charge in [0.05, 0.1) is 10.6 Å². The van der Waals surface area contributed by atoms with Gasteiger partial charge in [-0.2, -0.15) is 0 Å². The maximum absolute atomic E-state index is 13.1. The molecule has 0 aromatic heterocycles. The second kappa shape index (κ2) is 8.78. The predicted molar refractivity (Wildman–Crippen MR) is 114 cm³/mol. The van der Waals surface area contributed by atoms with Crippen molar-refractivity contribution in [3.8, 4) is 0 Å². The van der Waals surface area contributed by atoms with E-state index in [4.69, 9.17) is 0 Å². The van der Waals surface area contributed by atoms with Crippen LogP contribution >= 0.6 is 0 Å². The summed E-state index contributed by atoms with van der Waals surface area (Å²) >= 11 is 0. The van der Waals surface area contributed by atoms with E-state index in [1.807, 2.05) is 0 Å². The topological polar surface area (TPSA) is 74.8 Å². The van der Waals surface area contributed by atoms with Crippen LogP contribution in [0.5, 0.6) is 0 Å². The average molecular weight is 445 g/mol. The van der Waals surface area contributed by atoms with E-state index in [9.17, 15) is 22.4 Å². The number of carbonyl (C=O) groups excluding carboxylic acids is 2. The van der Waals surface area contributed by atoms with Gasteiger partial charge in [0.15, 0.2) is 9.84 Å². The second-order valence-corrected chi connectivity index (χ2v) is 10.2.